The lowest BCUT2D eigenvalue weighted by molar-refractivity contribution is -0.166. The average Bonchev–Trinajstić information content (AvgIpc) is 2.81. The lowest BCUT2D eigenvalue weighted by Gasteiger charge is -2.57. The largest absolute Gasteiger partial charge is 0.378 e. The van der Waals surface area contributed by atoms with E-state index in [9.17, 15) is 4.79 Å². The predicted octanol–water partition coefficient (Wildman–Crippen LogP) is 0.404. The van der Waals surface area contributed by atoms with Gasteiger partial charge in [-0.25, -0.2) is 0 Å². The Kier molecular flexibility index (Phi) is 3.35. The molecule has 3 N–H and O–H groups in total. The Bertz CT molecular complexity index is 435. The number of ether oxygens (including phenoxy) is 1. The lowest BCUT2D eigenvalue weighted by atomic mass is 9.54. The van der Waals surface area contributed by atoms with E-state index in [1.807, 2.05) is 20.8 Å². The molecular weight excluding hydrogens is 254 g/mol. The molecule has 0 aromatic carbocycles. The van der Waals surface area contributed by atoms with Gasteiger partial charge >= 0.3 is 0 Å². The molecule has 0 spiro atoms. The van der Waals surface area contributed by atoms with Crippen molar-refractivity contribution < 1.29 is 9.53 Å². The van der Waals surface area contributed by atoms with Crippen LogP contribution in [0.4, 0.5) is 5.13 Å². The van der Waals surface area contributed by atoms with Crippen LogP contribution in [0.2, 0.25) is 0 Å². The van der Waals surface area contributed by atoms with E-state index < -0.39 is 11.0 Å². The Morgan fingerprint density at radius 1 is 1.67 bits per heavy atom. The molecule has 0 radical (unpaired) electrons. The minimum absolute atomic E-state index is 0.00537. The van der Waals surface area contributed by atoms with Gasteiger partial charge in [-0.1, -0.05) is 23.4 Å². The molecule has 1 aliphatic carbocycles. The van der Waals surface area contributed by atoms with E-state index in [4.69, 9.17) is 10.5 Å². The van der Waals surface area contributed by atoms with E-state index in [0.717, 1.165) is 11.5 Å². The maximum atomic E-state index is 12.2. The standard InChI is InChI=1S/C10H17N5O2S/c1-4-17-6-5-10(11,9(6,2)3)7(16)12-8-13-14-15-18-8/h6H,4-5,11H2,1-3H3,(H,12,13,15,16). The van der Waals surface area contributed by atoms with E-state index in [2.05, 4.69) is 20.1 Å². The number of hydrogen-bond acceptors (Lipinski definition) is 7. The van der Waals surface area contributed by atoms with Crippen molar-refractivity contribution in [3.8, 4) is 0 Å². The molecule has 2 unspecified atom stereocenters. The van der Waals surface area contributed by atoms with Crippen molar-refractivity contribution in [1.82, 2.24) is 14.8 Å². The smallest absolute Gasteiger partial charge is 0.247 e. The number of aromatic nitrogens is 3. The van der Waals surface area contributed by atoms with Crippen LogP contribution in [-0.2, 0) is 9.53 Å². The Morgan fingerprint density at radius 2 is 2.39 bits per heavy atom. The van der Waals surface area contributed by atoms with Crippen molar-refractivity contribution in [1.29, 1.82) is 0 Å². The fourth-order valence-electron chi connectivity index (χ4n) is 2.21. The predicted molar refractivity (Wildman–Crippen MR) is 67.1 cm³/mol. The van der Waals surface area contributed by atoms with Crippen LogP contribution in [0.25, 0.3) is 0 Å². The number of anilines is 1. The lowest BCUT2D eigenvalue weighted by Crippen LogP contribution is -2.74. The van der Waals surface area contributed by atoms with Gasteiger partial charge in [-0.3, -0.25) is 10.1 Å². The van der Waals surface area contributed by atoms with Crippen LogP contribution in [0.1, 0.15) is 27.2 Å². The fourth-order valence-corrected chi connectivity index (χ4v) is 2.57. The average molecular weight is 271 g/mol. The first-order valence-electron chi connectivity index (χ1n) is 5.79. The molecule has 1 fully saturated rings. The van der Waals surface area contributed by atoms with E-state index >= 15 is 0 Å². The molecule has 0 aliphatic heterocycles. The molecule has 100 valence electrons. The van der Waals surface area contributed by atoms with Crippen LogP contribution < -0.4 is 11.1 Å². The van der Waals surface area contributed by atoms with Crippen LogP contribution in [0.15, 0.2) is 0 Å². The molecule has 2 atom stereocenters. The van der Waals surface area contributed by atoms with E-state index in [1.165, 1.54) is 0 Å². The normalized spacial score (nSPS) is 29.7. The van der Waals surface area contributed by atoms with Crippen molar-refractivity contribution in [2.75, 3.05) is 11.9 Å². The van der Waals surface area contributed by atoms with Gasteiger partial charge in [-0.15, -0.1) is 0 Å². The molecule has 2 rings (SSSR count). The number of carbonyl (C=O) groups is 1. The summed E-state index contributed by atoms with van der Waals surface area (Å²) in [6, 6.07) is 0. The van der Waals surface area contributed by atoms with Crippen molar-refractivity contribution in [2.45, 2.75) is 38.8 Å². The summed E-state index contributed by atoms with van der Waals surface area (Å²) in [6.07, 6.45) is 0.511. The second kappa shape index (κ2) is 4.52. The summed E-state index contributed by atoms with van der Waals surface area (Å²) in [6.45, 7) is 6.43. The zero-order chi connectivity index (χ0) is 13.4. The Balaban J connectivity index is 2.06. The number of nitrogens with zero attached hydrogens (tertiary/aromatic N) is 3. The minimum Gasteiger partial charge on any atom is -0.378 e. The monoisotopic (exact) mass is 271 g/mol. The third-order valence-corrected chi connectivity index (χ3v) is 4.27. The second-order valence-corrected chi connectivity index (χ2v) is 5.70. The molecule has 1 heterocycles. The molecule has 8 heteroatoms. The third kappa shape index (κ3) is 1.90. The SMILES string of the molecule is CCOC1CC(N)(C(=O)Nc2nnns2)C1(C)C. The molecular formula is C10H17N5O2S. The molecule has 0 bridgehead atoms. The van der Waals surface area contributed by atoms with E-state index in [1.54, 1.807) is 0 Å². The van der Waals surface area contributed by atoms with Gasteiger partial charge in [0.25, 0.3) is 0 Å². The van der Waals surface area contributed by atoms with Crippen molar-refractivity contribution in [3.05, 3.63) is 0 Å². The van der Waals surface area contributed by atoms with E-state index in [-0.39, 0.29) is 12.0 Å². The summed E-state index contributed by atoms with van der Waals surface area (Å²) in [7, 11) is 0. The van der Waals surface area contributed by atoms with Gasteiger partial charge in [-0.05, 0) is 12.1 Å². The molecule has 1 amide bonds. The van der Waals surface area contributed by atoms with Gasteiger partial charge in [0.05, 0.1) is 6.10 Å². The van der Waals surface area contributed by atoms with Crippen LogP contribution in [0.3, 0.4) is 0 Å². The molecule has 1 saturated carbocycles. The first kappa shape index (κ1) is 13.3. The molecule has 1 aliphatic rings. The van der Waals surface area contributed by atoms with Crippen LogP contribution in [-0.4, -0.2) is 39.0 Å². The maximum absolute atomic E-state index is 12.2. The molecule has 1 aromatic heterocycles. The fraction of sp³-hybridized carbons (Fsp3) is 0.800. The summed E-state index contributed by atoms with van der Waals surface area (Å²) in [5, 5.41) is 10.1. The van der Waals surface area contributed by atoms with Gasteiger partial charge in [0.15, 0.2) is 0 Å². The van der Waals surface area contributed by atoms with Crippen LogP contribution in [0.5, 0.6) is 0 Å². The molecule has 7 nitrogen and oxygen atoms in total. The number of carbonyl (C=O) groups excluding carboxylic acids is 1. The number of rotatable bonds is 4. The first-order chi connectivity index (χ1) is 8.41. The van der Waals surface area contributed by atoms with E-state index in [0.29, 0.717) is 18.2 Å². The summed E-state index contributed by atoms with van der Waals surface area (Å²) in [4.78, 5) is 12.2. The van der Waals surface area contributed by atoms with Gasteiger partial charge in [0, 0.05) is 30.0 Å². The third-order valence-electron chi connectivity index (χ3n) is 3.75. The number of nitrogens with two attached hydrogens (primary N) is 1. The van der Waals surface area contributed by atoms with Crippen molar-refractivity contribution in [3.63, 3.8) is 0 Å². The number of amides is 1. The summed E-state index contributed by atoms with van der Waals surface area (Å²) >= 11 is 1.02. The molecule has 0 saturated heterocycles. The Labute approximate surface area is 109 Å². The highest BCUT2D eigenvalue weighted by Crippen LogP contribution is 2.50. The quantitative estimate of drug-likeness (QED) is 0.822. The number of hydrogen-bond donors (Lipinski definition) is 2. The highest BCUT2D eigenvalue weighted by atomic mass is 32.1. The molecule has 18 heavy (non-hydrogen) atoms. The highest BCUT2D eigenvalue weighted by Gasteiger charge is 2.63. The maximum Gasteiger partial charge on any atom is 0.247 e. The summed E-state index contributed by atoms with van der Waals surface area (Å²) in [5.41, 5.74) is 4.85. The number of nitrogens with one attached hydrogen (secondary N) is 1. The summed E-state index contributed by atoms with van der Waals surface area (Å²) in [5.74, 6) is -0.262. The van der Waals surface area contributed by atoms with Gasteiger partial charge in [0.1, 0.15) is 5.54 Å². The zero-order valence-electron chi connectivity index (χ0n) is 10.6. The van der Waals surface area contributed by atoms with Gasteiger partial charge < -0.3 is 10.5 Å². The Morgan fingerprint density at radius 3 is 2.89 bits per heavy atom. The zero-order valence-corrected chi connectivity index (χ0v) is 11.5. The Hall–Kier alpha value is -1.12. The van der Waals surface area contributed by atoms with Gasteiger partial charge in [0.2, 0.25) is 11.0 Å². The van der Waals surface area contributed by atoms with Crippen molar-refractivity contribution in [2.24, 2.45) is 11.1 Å². The minimum atomic E-state index is -0.946. The van der Waals surface area contributed by atoms with Crippen LogP contribution >= 0.6 is 11.5 Å². The topological polar surface area (TPSA) is 103 Å². The van der Waals surface area contributed by atoms with Crippen LogP contribution in [0, 0.1) is 5.41 Å². The highest BCUT2D eigenvalue weighted by molar-refractivity contribution is 7.09. The first-order valence-corrected chi connectivity index (χ1v) is 6.56. The van der Waals surface area contributed by atoms with Crippen molar-refractivity contribution >= 4 is 22.6 Å². The van der Waals surface area contributed by atoms with Gasteiger partial charge in [-0.2, -0.15) is 0 Å². The second-order valence-electron chi connectivity index (χ2n) is 4.96. The molecule has 1 aromatic rings. The summed E-state index contributed by atoms with van der Waals surface area (Å²) < 4.78 is 9.16.